The van der Waals surface area contributed by atoms with Crippen molar-refractivity contribution in [2.45, 2.75) is 25.4 Å². The molecule has 1 aromatic carbocycles. The SMILES string of the molecule is CCn1cc(S(=O)(=O)Oc2cccc(F)c2)nc1C. The lowest BCUT2D eigenvalue weighted by molar-refractivity contribution is 0.480. The second-order valence-electron chi connectivity index (χ2n) is 3.91. The molecule has 2 rings (SSSR count). The van der Waals surface area contributed by atoms with Crippen molar-refractivity contribution < 1.29 is 17.0 Å². The van der Waals surface area contributed by atoms with E-state index in [-0.39, 0.29) is 10.8 Å². The van der Waals surface area contributed by atoms with Gasteiger partial charge in [0.25, 0.3) is 0 Å². The van der Waals surface area contributed by atoms with Crippen LogP contribution in [0.25, 0.3) is 0 Å². The molecule has 0 atom stereocenters. The smallest absolute Gasteiger partial charge is 0.358 e. The number of rotatable bonds is 4. The summed E-state index contributed by atoms with van der Waals surface area (Å²) in [6.07, 6.45) is 1.39. The third-order valence-electron chi connectivity index (χ3n) is 2.55. The Bertz CT molecular complexity index is 695. The Hall–Kier alpha value is -1.89. The number of halogens is 1. The summed E-state index contributed by atoms with van der Waals surface area (Å²) in [5, 5.41) is -0.184. The Morgan fingerprint density at radius 1 is 1.42 bits per heavy atom. The number of hydrogen-bond acceptors (Lipinski definition) is 4. The monoisotopic (exact) mass is 284 g/mol. The van der Waals surface area contributed by atoms with Crippen LogP contribution in [0.5, 0.6) is 5.75 Å². The van der Waals surface area contributed by atoms with Crippen molar-refractivity contribution in [1.29, 1.82) is 0 Å². The maximum absolute atomic E-state index is 13.0. The predicted molar refractivity (Wildman–Crippen MR) is 66.9 cm³/mol. The molecule has 1 heterocycles. The highest BCUT2D eigenvalue weighted by Crippen LogP contribution is 2.19. The van der Waals surface area contributed by atoms with Crippen molar-refractivity contribution in [2.24, 2.45) is 0 Å². The van der Waals surface area contributed by atoms with Crippen LogP contribution in [0.15, 0.2) is 35.5 Å². The molecule has 0 saturated carbocycles. The van der Waals surface area contributed by atoms with Crippen LogP contribution in [0, 0.1) is 12.7 Å². The largest absolute Gasteiger partial charge is 0.378 e. The van der Waals surface area contributed by atoms with Crippen LogP contribution in [0.3, 0.4) is 0 Å². The van der Waals surface area contributed by atoms with Crippen LogP contribution >= 0.6 is 0 Å². The fraction of sp³-hybridized carbons (Fsp3) is 0.250. The molecule has 0 aliphatic rings. The van der Waals surface area contributed by atoms with Crippen LogP contribution in [0.2, 0.25) is 0 Å². The van der Waals surface area contributed by atoms with Crippen molar-refractivity contribution in [2.75, 3.05) is 0 Å². The average Bonchev–Trinajstić information content (AvgIpc) is 2.71. The van der Waals surface area contributed by atoms with Crippen LogP contribution in [-0.4, -0.2) is 18.0 Å². The van der Waals surface area contributed by atoms with Gasteiger partial charge >= 0.3 is 10.1 Å². The number of aryl methyl sites for hydroxylation is 2. The maximum Gasteiger partial charge on any atom is 0.358 e. The van der Waals surface area contributed by atoms with E-state index in [1.54, 1.807) is 11.5 Å². The number of imidazole rings is 1. The van der Waals surface area contributed by atoms with E-state index in [9.17, 15) is 12.8 Å². The van der Waals surface area contributed by atoms with Gasteiger partial charge in [-0.05, 0) is 26.0 Å². The lowest BCUT2D eigenvalue weighted by Gasteiger charge is -2.04. The molecular weight excluding hydrogens is 271 g/mol. The van der Waals surface area contributed by atoms with E-state index in [0.29, 0.717) is 12.4 Å². The topological polar surface area (TPSA) is 61.2 Å². The zero-order chi connectivity index (χ0) is 14.0. The van der Waals surface area contributed by atoms with Crippen LogP contribution in [0.4, 0.5) is 4.39 Å². The van der Waals surface area contributed by atoms with E-state index in [4.69, 9.17) is 4.18 Å². The zero-order valence-electron chi connectivity index (χ0n) is 10.5. The Morgan fingerprint density at radius 3 is 2.74 bits per heavy atom. The summed E-state index contributed by atoms with van der Waals surface area (Å²) in [5.74, 6) is -0.0735. The molecule has 5 nitrogen and oxygen atoms in total. The summed E-state index contributed by atoms with van der Waals surface area (Å²) < 4.78 is 43.4. The van der Waals surface area contributed by atoms with Gasteiger partial charge in [0.1, 0.15) is 17.4 Å². The second-order valence-corrected chi connectivity index (χ2v) is 5.40. The second kappa shape index (κ2) is 5.00. The lowest BCUT2D eigenvalue weighted by Crippen LogP contribution is -2.10. The summed E-state index contributed by atoms with van der Waals surface area (Å²) in [5.41, 5.74) is 0. The van der Waals surface area contributed by atoms with Gasteiger partial charge in [-0.1, -0.05) is 6.07 Å². The summed E-state index contributed by atoms with van der Waals surface area (Å²) in [6.45, 7) is 4.18. The van der Waals surface area contributed by atoms with E-state index in [2.05, 4.69) is 4.98 Å². The first-order valence-corrected chi connectivity index (χ1v) is 7.07. The normalized spacial score (nSPS) is 11.5. The molecular formula is C12H13FN2O3S. The molecule has 2 aromatic rings. The van der Waals surface area contributed by atoms with Crippen LogP contribution in [0.1, 0.15) is 12.7 Å². The summed E-state index contributed by atoms with van der Waals surface area (Å²) >= 11 is 0. The third-order valence-corrected chi connectivity index (χ3v) is 3.67. The highest BCUT2D eigenvalue weighted by molar-refractivity contribution is 7.87. The van der Waals surface area contributed by atoms with Crippen molar-refractivity contribution in [3.05, 3.63) is 42.1 Å². The van der Waals surface area contributed by atoms with Gasteiger partial charge in [0.05, 0.1) is 0 Å². The van der Waals surface area contributed by atoms with Gasteiger partial charge in [-0.25, -0.2) is 9.37 Å². The molecule has 0 aliphatic carbocycles. The third kappa shape index (κ3) is 2.93. The fourth-order valence-corrected chi connectivity index (χ4v) is 2.55. The molecule has 102 valence electrons. The molecule has 1 aromatic heterocycles. The Labute approximate surface area is 110 Å². The Kier molecular flexibility index (Phi) is 3.57. The minimum absolute atomic E-state index is 0.0799. The molecule has 0 bridgehead atoms. The highest BCUT2D eigenvalue weighted by Gasteiger charge is 2.21. The van der Waals surface area contributed by atoms with Crippen molar-refractivity contribution in [3.63, 3.8) is 0 Å². The molecule has 0 amide bonds. The average molecular weight is 284 g/mol. The number of nitrogens with zero attached hydrogens (tertiary/aromatic N) is 2. The van der Waals surface area contributed by atoms with Gasteiger partial charge in [-0.3, -0.25) is 0 Å². The molecule has 0 radical (unpaired) electrons. The van der Waals surface area contributed by atoms with Crippen molar-refractivity contribution in [1.82, 2.24) is 9.55 Å². The summed E-state index contributed by atoms with van der Waals surface area (Å²) in [6, 6.07) is 4.94. The molecule has 0 fully saturated rings. The Morgan fingerprint density at radius 2 is 2.16 bits per heavy atom. The van der Waals surface area contributed by atoms with Crippen LogP contribution < -0.4 is 4.18 Å². The fourth-order valence-electron chi connectivity index (χ4n) is 1.61. The van der Waals surface area contributed by atoms with Gasteiger partial charge < -0.3 is 8.75 Å². The van der Waals surface area contributed by atoms with Crippen molar-refractivity contribution >= 4 is 10.1 Å². The van der Waals surface area contributed by atoms with E-state index in [0.717, 1.165) is 6.07 Å². The first-order valence-electron chi connectivity index (χ1n) is 5.66. The highest BCUT2D eigenvalue weighted by atomic mass is 32.2. The molecule has 0 unspecified atom stereocenters. The van der Waals surface area contributed by atoms with Gasteiger partial charge in [0.2, 0.25) is 5.03 Å². The van der Waals surface area contributed by atoms with Crippen molar-refractivity contribution in [3.8, 4) is 5.75 Å². The summed E-state index contributed by atoms with van der Waals surface area (Å²) in [7, 11) is -4.04. The molecule has 0 saturated heterocycles. The summed E-state index contributed by atoms with van der Waals surface area (Å²) in [4.78, 5) is 3.93. The first-order chi connectivity index (χ1) is 8.92. The molecule has 0 spiro atoms. The molecule has 7 heteroatoms. The van der Waals surface area contributed by atoms with Gasteiger partial charge in [-0.15, -0.1) is 0 Å². The van der Waals surface area contributed by atoms with E-state index >= 15 is 0 Å². The van der Waals surface area contributed by atoms with Gasteiger partial charge in [0.15, 0.2) is 0 Å². The minimum Gasteiger partial charge on any atom is -0.378 e. The van der Waals surface area contributed by atoms with Crippen LogP contribution in [-0.2, 0) is 16.7 Å². The lowest BCUT2D eigenvalue weighted by atomic mass is 10.3. The maximum atomic E-state index is 13.0. The number of aromatic nitrogens is 2. The van der Waals surface area contributed by atoms with E-state index in [1.165, 1.54) is 24.4 Å². The Balaban J connectivity index is 2.32. The standard InChI is InChI=1S/C12H13FN2O3S/c1-3-15-8-12(14-9(15)2)19(16,17)18-11-6-4-5-10(13)7-11/h4-8H,3H2,1-2H3. The first kappa shape index (κ1) is 13.5. The molecule has 0 N–H and O–H groups in total. The number of hydrogen-bond donors (Lipinski definition) is 0. The van der Waals surface area contributed by atoms with E-state index in [1.807, 2.05) is 6.92 Å². The van der Waals surface area contributed by atoms with E-state index < -0.39 is 15.9 Å². The van der Waals surface area contributed by atoms with Gasteiger partial charge in [0, 0.05) is 18.8 Å². The molecule has 19 heavy (non-hydrogen) atoms. The minimum atomic E-state index is -4.04. The number of benzene rings is 1. The zero-order valence-corrected chi connectivity index (χ0v) is 11.3. The molecule has 0 aliphatic heterocycles. The quantitative estimate of drug-likeness (QED) is 0.807. The predicted octanol–water partition coefficient (Wildman–Crippen LogP) is 2.12. The van der Waals surface area contributed by atoms with Gasteiger partial charge in [-0.2, -0.15) is 8.42 Å².